The van der Waals surface area contributed by atoms with E-state index in [0.717, 1.165) is 44.4 Å². The minimum Gasteiger partial charge on any atom is -0.334 e. The lowest BCUT2D eigenvalue weighted by atomic mass is 10.2. The average Bonchev–Trinajstić information content (AvgIpc) is 2.91. The van der Waals surface area contributed by atoms with E-state index in [2.05, 4.69) is 31.0 Å². The third kappa shape index (κ3) is 4.55. The fourth-order valence-electron chi connectivity index (χ4n) is 3.33. The summed E-state index contributed by atoms with van der Waals surface area (Å²) in [4.78, 5) is 28.0. The molecule has 0 aliphatic heterocycles. The summed E-state index contributed by atoms with van der Waals surface area (Å²) in [7, 11) is 0. The first-order valence-electron chi connectivity index (χ1n) is 9.76. The highest BCUT2D eigenvalue weighted by atomic mass is 16.2. The SMILES string of the molecule is CCCCCn1c(=O)n(C(=O)NC(C)CN(CC)CC)c2ccccc21. The number of benzene rings is 1. The molecule has 1 atom stereocenters. The van der Waals surface area contributed by atoms with Gasteiger partial charge in [-0.3, -0.25) is 4.57 Å². The van der Waals surface area contributed by atoms with Crippen LogP contribution in [0.5, 0.6) is 0 Å². The number of nitrogens with one attached hydrogen (secondary N) is 1. The Balaban J connectivity index is 2.26. The Morgan fingerprint density at radius 1 is 1.12 bits per heavy atom. The second kappa shape index (κ2) is 9.57. The topological polar surface area (TPSA) is 59.3 Å². The number of imidazole rings is 1. The molecule has 1 heterocycles. The lowest BCUT2D eigenvalue weighted by molar-refractivity contribution is 0.229. The van der Waals surface area contributed by atoms with Crippen LogP contribution in [0.15, 0.2) is 29.1 Å². The van der Waals surface area contributed by atoms with E-state index >= 15 is 0 Å². The fraction of sp³-hybridized carbons (Fsp3) is 0.600. The van der Waals surface area contributed by atoms with Crippen molar-refractivity contribution in [1.82, 2.24) is 19.4 Å². The molecule has 6 nitrogen and oxygen atoms in total. The largest absolute Gasteiger partial charge is 0.337 e. The van der Waals surface area contributed by atoms with Crippen LogP contribution < -0.4 is 11.0 Å². The van der Waals surface area contributed by atoms with Crippen LogP contribution in [-0.2, 0) is 6.54 Å². The fourth-order valence-corrected chi connectivity index (χ4v) is 3.33. The molecule has 0 fully saturated rings. The molecule has 0 saturated carbocycles. The number of aromatic nitrogens is 2. The van der Waals surface area contributed by atoms with Gasteiger partial charge in [0.25, 0.3) is 0 Å². The smallest absolute Gasteiger partial charge is 0.334 e. The summed E-state index contributed by atoms with van der Waals surface area (Å²) < 4.78 is 3.00. The highest BCUT2D eigenvalue weighted by Gasteiger charge is 2.19. The predicted octanol–water partition coefficient (Wildman–Crippen LogP) is 3.28. The second-order valence-corrected chi connectivity index (χ2v) is 6.80. The van der Waals surface area contributed by atoms with Crippen molar-refractivity contribution in [3.05, 3.63) is 34.7 Å². The van der Waals surface area contributed by atoms with Gasteiger partial charge in [-0.2, -0.15) is 0 Å². The van der Waals surface area contributed by atoms with Crippen molar-refractivity contribution in [2.75, 3.05) is 19.6 Å². The third-order valence-electron chi connectivity index (χ3n) is 4.82. The van der Waals surface area contributed by atoms with E-state index in [0.29, 0.717) is 12.1 Å². The molecular weight excluding hydrogens is 328 g/mol. The Hall–Kier alpha value is -2.08. The molecule has 1 N–H and O–H groups in total. The molecule has 6 heteroatoms. The lowest BCUT2D eigenvalue weighted by Crippen LogP contribution is -2.46. The Morgan fingerprint density at radius 3 is 2.38 bits per heavy atom. The second-order valence-electron chi connectivity index (χ2n) is 6.80. The molecule has 0 aliphatic carbocycles. The van der Waals surface area contributed by atoms with Gasteiger partial charge in [0.2, 0.25) is 0 Å². The summed E-state index contributed by atoms with van der Waals surface area (Å²) in [5, 5.41) is 2.98. The van der Waals surface area contributed by atoms with Crippen LogP contribution in [0.4, 0.5) is 4.79 Å². The zero-order valence-electron chi connectivity index (χ0n) is 16.5. The molecule has 1 aromatic carbocycles. The predicted molar refractivity (Wildman–Crippen MR) is 107 cm³/mol. The van der Waals surface area contributed by atoms with E-state index in [9.17, 15) is 9.59 Å². The van der Waals surface area contributed by atoms with Crippen molar-refractivity contribution in [1.29, 1.82) is 0 Å². The Bertz CT molecular complexity index is 774. The molecular formula is C20H32N4O2. The maximum absolute atomic E-state index is 12.9. The van der Waals surface area contributed by atoms with Gasteiger partial charge in [-0.05, 0) is 38.6 Å². The van der Waals surface area contributed by atoms with E-state index in [1.165, 1.54) is 4.57 Å². The maximum Gasteiger partial charge on any atom is 0.337 e. The van der Waals surface area contributed by atoms with Crippen LogP contribution in [-0.4, -0.2) is 45.7 Å². The number of fused-ring (bicyclic) bond motifs is 1. The zero-order chi connectivity index (χ0) is 19.1. The van der Waals surface area contributed by atoms with Gasteiger partial charge in [-0.15, -0.1) is 0 Å². The van der Waals surface area contributed by atoms with E-state index < -0.39 is 0 Å². The highest BCUT2D eigenvalue weighted by molar-refractivity contribution is 5.89. The van der Waals surface area contributed by atoms with Gasteiger partial charge in [0.15, 0.2) is 0 Å². The molecule has 1 aromatic heterocycles. The summed E-state index contributed by atoms with van der Waals surface area (Å²) in [6.07, 6.45) is 3.10. The van der Waals surface area contributed by atoms with Crippen LogP contribution in [0.3, 0.4) is 0 Å². The van der Waals surface area contributed by atoms with Gasteiger partial charge in [-0.1, -0.05) is 45.7 Å². The molecule has 2 rings (SSSR count). The maximum atomic E-state index is 12.9. The van der Waals surface area contributed by atoms with Crippen molar-refractivity contribution in [2.24, 2.45) is 0 Å². The monoisotopic (exact) mass is 360 g/mol. The van der Waals surface area contributed by atoms with Gasteiger partial charge in [-0.25, -0.2) is 14.2 Å². The lowest BCUT2D eigenvalue weighted by Gasteiger charge is -2.23. The molecule has 26 heavy (non-hydrogen) atoms. The van der Waals surface area contributed by atoms with Crippen molar-refractivity contribution in [2.45, 2.75) is 59.5 Å². The molecule has 144 valence electrons. The number of hydrogen-bond acceptors (Lipinski definition) is 3. The molecule has 0 bridgehead atoms. The summed E-state index contributed by atoms with van der Waals surface area (Å²) >= 11 is 0. The number of rotatable bonds is 9. The summed E-state index contributed by atoms with van der Waals surface area (Å²) in [5.74, 6) is 0. The number of para-hydroxylation sites is 2. The molecule has 0 saturated heterocycles. The molecule has 1 amide bonds. The first-order valence-corrected chi connectivity index (χ1v) is 9.76. The van der Waals surface area contributed by atoms with Crippen molar-refractivity contribution < 1.29 is 4.79 Å². The normalized spacial score (nSPS) is 12.7. The standard InChI is InChI=1S/C20H32N4O2/c1-5-8-11-14-23-17-12-9-10-13-18(17)24(20(23)26)19(25)21-16(4)15-22(6-2)7-3/h9-10,12-13,16H,5-8,11,14-15H2,1-4H3,(H,21,25). The van der Waals surface area contributed by atoms with Gasteiger partial charge in [0, 0.05) is 19.1 Å². The molecule has 2 aromatic rings. The quantitative estimate of drug-likeness (QED) is 0.698. The Kier molecular flexibility index (Phi) is 7.45. The van der Waals surface area contributed by atoms with E-state index in [4.69, 9.17) is 0 Å². The number of carbonyl (C=O) groups excluding carboxylic acids is 1. The van der Waals surface area contributed by atoms with Crippen LogP contribution in [0.25, 0.3) is 11.0 Å². The number of unbranched alkanes of at least 4 members (excludes halogenated alkanes) is 2. The van der Waals surface area contributed by atoms with Crippen molar-refractivity contribution in [3.63, 3.8) is 0 Å². The number of aryl methyl sites for hydroxylation is 1. The minimum absolute atomic E-state index is 0.0310. The van der Waals surface area contributed by atoms with Gasteiger partial charge < -0.3 is 10.2 Å². The Morgan fingerprint density at radius 2 is 1.77 bits per heavy atom. The molecule has 1 unspecified atom stereocenters. The van der Waals surface area contributed by atoms with Crippen molar-refractivity contribution in [3.8, 4) is 0 Å². The number of nitrogens with zero attached hydrogens (tertiary/aromatic N) is 3. The van der Waals surface area contributed by atoms with Gasteiger partial charge in [0.05, 0.1) is 11.0 Å². The van der Waals surface area contributed by atoms with Gasteiger partial charge >= 0.3 is 11.7 Å². The van der Waals surface area contributed by atoms with Crippen LogP contribution in [0.1, 0.15) is 47.0 Å². The van der Waals surface area contributed by atoms with E-state index in [-0.39, 0.29) is 17.8 Å². The summed E-state index contributed by atoms with van der Waals surface area (Å²) in [5.41, 5.74) is 1.23. The molecule has 0 spiro atoms. The van der Waals surface area contributed by atoms with Crippen LogP contribution in [0, 0.1) is 0 Å². The highest BCUT2D eigenvalue weighted by Crippen LogP contribution is 2.13. The number of amides is 1. The first-order chi connectivity index (χ1) is 12.5. The third-order valence-corrected chi connectivity index (χ3v) is 4.82. The molecule has 0 aliphatic rings. The summed E-state index contributed by atoms with van der Waals surface area (Å²) in [6.45, 7) is 11.6. The average molecular weight is 361 g/mol. The number of carbonyl (C=O) groups is 1. The minimum atomic E-state index is -0.347. The first kappa shape index (κ1) is 20.2. The number of likely N-dealkylation sites (N-methyl/N-ethyl adjacent to an activating group) is 1. The Labute approximate surface area is 155 Å². The zero-order valence-corrected chi connectivity index (χ0v) is 16.5. The summed E-state index contributed by atoms with van der Waals surface area (Å²) in [6, 6.07) is 7.13. The van der Waals surface area contributed by atoms with Gasteiger partial charge in [0.1, 0.15) is 0 Å². The number of hydrogen-bond donors (Lipinski definition) is 1. The van der Waals surface area contributed by atoms with E-state index in [1.807, 2.05) is 31.2 Å². The molecule has 0 radical (unpaired) electrons. The van der Waals surface area contributed by atoms with Crippen LogP contribution >= 0.6 is 0 Å². The van der Waals surface area contributed by atoms with Crippen LogP contribution in [0.2, 0.25) is 0 Å². The van der Waals surface area contributed by atoms with E-state index in [1.54, 1.807) is 4.57 Å². The van der Waals surface area contributed by atoms with Crippen molar-refractivity contribution >= 4 is 17.1 Å².